The largest absolute Gasteiger partial charge is 0.393 e. The summed E-state index contributed by atoms with van der Waals surface area (Å²) in [5, 5.41) is 9.03. The van der Waals surface area contributed by atoms with Gasteiger partial charge >= 0.3 is 0 Å². The zero-order valence-corrected chi connectivity index (χ0v) is 9.01. The fourth-order valence-electron chi connectivity index (χ4n) is 1.09. The third kappa shape index (κ3) is 3.44. The molecule has 0 radical (unpaired) electrons. The number of rotatable bonds is 3. The van der Waals surface area contributed by atoms with Crippen molar-refractivity contribution in [2.24, 2.45) is 0 Å². The van der Waals surface area contributed by atoms with Crippen LogP contribution in [0.3, 0.4) is 0 Å². The lowest BCUT2D eigenvalue weighted by molar-refractivity contribution is 0.184. The van der Waals surface area contributed by atoms with Crippen LogP contribution in [-0.2, 0) is 6.42 Å². The zero-order valence-electron chi connectivity index (χ0n) is 7.43. The predicted octanol–water partition coefficient (Wildman–Crippen LogP) is 2.90. The Morgan fingerprint density at radius 1 is 1.54 bits per heavy atom. The van der Waals surface area contributed by atoms with Gasteiger partial charge in [0, 0.05) is 4.47 Å². The summed E-state index contributed by atoms with van der Waals surface area (Å²) in [5.41, 5.74) is 0.657. The van der Waals surface area contributed by atoms with Crippen LogP contribution in [0.2, 0.25) is 0 Å². The fourth-order valence-corrected chi connectivity index (χ4v) is 1.42. The molecule has 0 fully saturated rings. The molecule has 0 aromatic heterocycles. The monoisotopic (exact) mass is 246 g/mol. The first kappa shape index (κ1) is 10.7. The number of benzene rings is 1. The van der Waals surface area contributed by atoms with Crippen LogP contribution in [0.15, 0.2) is 22.7 Å². The van der Waals surface area contributed by atoms with Crippen molar-refractivity contribution < 1.29 is 9.50 Å². The molecule has 0 spiro atoms. The quantitative estimate of drug-likeness (QED) is 0.870. The molecule has 3 heteroatoms. The minimum atomic E-state index is -0.372. The number of hydrogen-bond donors (Lipinski definition) is 1. The summed E-state index contributed by atoms with van der Waals surface area (Å²) in [7, 11) is 0. The third-order valence-corrected chi connectivity index (χ3v) is 2.34. The number of hydrogen-bond acceptors (Lipinski definition) is 1. The van der Waals surface area contributed by atoms with E-state index >= 15 is 0 Å². The van der Waals surface area contributed by atoms with Gasteiger partial charge in [-0.1, -0.05) is 22.0 Å². The molecule has 72 valence electrons. The minimum Gasteiger partial charge on any atom is -0.393 e. The van der Waals surface area contributed by atoms with Gasteiger partial charge in [0.25, 0.3) is 0 Å². The Hall–Kier alpha value is -0.410. The second kappa shape index (κ2) is 4.72. The molecule has 1 aromatic carbocycles. The minimum absolute atomic E-state index is 0.213. The zero-order chi connectivity index (χ0) is 9.84. The highest BCUT2D eigenvalue weighted by molar-refractivity contribution is 9.10. The van der Waals surface area contributed by atoms with E-state index in [0.717, 1.165) is 4.47 Å². The van der Waals surface area contributed by atoms with Crippen molar-refractivity contribution in [3.63, 3.8) is 0 Å². The molecule has 0 aliphatic heterocycles. The molecule has 0 amide bonds. The molecule has 0 heterocycles. The highest BCUT2D eigenvalue weighted by atomic mass is 79.9. The summed E-state index contributed by atoms with van der Waals surface area (Å²) < 4.78 is 13.9. The van der Waals surface area contributed by atoms with Crippen molar-refractivity contribution >= 4 is 15.9 Å². The third-order valence-electron chi connectivity index (χ3n) is 1.85. The maximum Gasteiger partial charge on any atom is 0.127 e. The fraction of sp³-hybridized carbons (Fsp3) is 0.400. The predicted molar refractivity (Wildman–Crippen MR) is 54.1 cm³/mol. The first-order valence-corrected chi connectivity index (χ1v) is 5.01. The van der Waals surface area contributed by atoms with Crippen molar-refractivity contribution in [1.29, 1.82) is 0 Å². The van der Waals surface area contributed by atoms with E-state index in [2.05, 4.69) is 15.9 Å². The van der Waals surface area contributed by atoms with Gasteiger partial charge in [0.2, 0.25) is 0 Å². The summed E-state index contributed by atoms with van der Waals surface area (Å²) in [4.78, 5) is 0. The summed E-state index contributed by atoms with van der Waals surface area (Å²) in [6, 6.07) is 4.99. The van der Waals surface area contributed by atoms with E-state index in [9.17, 15) is 4.39 Å². The van der Waals surface area contributed by atoms with Crippen LogP contribution in [0.5, 0.6) is 0 Å². The second-order valence-corrected chi connectivity index (χ2v) is 4.04. The molecule has 13 heavy (non-hydrogen) atoms. The van der Waals surface area contributed by atoms with Crippen LogP contribution in [-0.4, -0.2) is 11.2 Å². The highest BCUT2D eigenvalue weighted by Gasteiger charge is 2.04. The van der Waals surface area contributed by atoms with E-state index in [0.29, 0.717) is 18.4 Å². The molecule has 0 saturated carbocycles. The van der Waals surface area contributed by atoms with E-state index < -0.39 is 0 Å². The van der Waals surface area contributed by atoms with E-state index in [1.165, 1.54) is 6.07 Å². The van der Waals surface area contributed by atoms with Crippen LogP contribution in [0.25, 0.3) is 0 Å². The van der Waals surface area contributed by atoms with E-state index in [1.54, 1.807) is 19.1 Å². The summed E-state index contributed by atoms with van der Waals surface area (Å²) in [5.74, 6) is -0.213. The normalized spacial score (nSPS) is 12.9. The summed E-state index contributed by atoms with van der Waals surface area (Å²) >= 11 is 3.19. The first-order chi connectivity index (χ1) is 6.09. The number of aliphatic hydroxyl groups is 1. The van der Waals surface area contributed by atoms with Crippen LogP contribution in [0.1, 0.15) is 18.9 Å². The molecule has 0 aliphatic carbocycles. The molecule has 1 nitrogen and oxygen atoms in total. The van der Waals surface area contributed by atoms with Crippen LogP contribution in [0, 0.1) is 5.82 Å². The lowest BCUT2D eigenvalue weighted by atomic mass is 10.1. The Kier molecular flexibility index (Phi) is 3.88. The van der Waals surface area contributed by atoms with Gasteiger partial charge in [-0.2, -0.15) is 0 Å². The first-order valence-electron chi connectivity index (χ1n) is 4.21. The molecular weight excluding hydrogens is 235 g/mol. The smallest absolute Gasteiger partial charge is 0.127 e. The van der Waals surface area contributed by atoms with Crippen molar-refractivity contribution in [3.05, 3.63) is 34.1 Å². The summed E-state index contributed by atoms with van der Waals surface area (Å²) in [6.07, 6.45) is 0.804. The average Bonchev–Trinajstić information content (AvgIpc) is 2.02. The maximum absolute atomic E-state index is 13.2. The maximum atomic E-state index is 13.2. The molecule has 1 atom stereocenters. The lowest BCUT2D eigenvalue weighted by Crippen LogP contribution is -2.02. The lowest BCUT2D eigenvalue weighted by Gasteiger charge is -2.05. The molecular formula is C10H12BrFO. The second-order valence-electron chi connectivity index (χ2n) is 3.12. The van der Waals surface area contributed by atoms with E-state index in [4.69, 9.17) is 5.11 Å². The average molecular weight is 247 g/mol. The van der Waals surface area contributed by atoms with Gasteiger partial charge < -0.3 is 5.11 Å². The molecule has 1 unspecified atom stereocenters. The van der Waals surface area contributed by atoms with Crippen LogP contribution < -0.4 is 0 Å². The van der Waals surface area contributed by atoms with Crippen molar-refractivity contribution in [3.8, 4) is 0 Å². The molecule has 1 N–H and O–H groups in total. The Morgan fingerprint density at radius 2 is 2.23 bits per heavy atom. The molecule has 0 bridgehead atoms. The SMILES string of the molecule is CC(O)CCc1ccc(Br)cc1F. The number of halogens is 2. The highest BCUT2D eigenvalue weighted by Crippen LogP contribution is 2.16. The van der Waals surface area contributed by atoms with Crippen molar-refractivity contribution in [2.45, 2.75) is 25.9 Å². The van der Waals surface area contributed by atoms with Crippen LogP contribution in [0.4, 0.5) is 4.39 Å². The van der Waals surface area contributed by atoms with Crippen molar-refractivity contribution in [1.82, 2.24) is 0 Å². The van der Waals surface area contributed by atoms with Gasteiger partial charge in [-0.05, 0) is 37.5 Å². The molecule has 1 rings (SSSR count). The van der Waals surface area contributed by atoms with E-state index in [-0.39, 0.29) is 11.9 Å². The number of aryl methyl sites for hydroxylation is 1. The standard InChI is InChI=1S/C10H12BrFO/c1-7(13)2-3-8-4-5-9(11)6-10(8)12/h4-7,13H,2-3H2,1H3. The summed E-state index contributed by atoms with van der Waals surface area (Å²) in [6.45, 7) is 1.71. The Balaban J connectivity index is 2.67. The van der Waals surface area contributed by atoms with Gasteiger partial charge in [0.15, 0.2) is 0 Å². The Labute approximate surface area is 85.7 Å². The van der Waals surface area contributed by atoms with Crippen LogP contribution >= 0.6 is 15.9 Å². The van der Waals surface area contributed by atoms with Gasteiger partial charge in [0.1, 0.15) is 5.82 Å². The number of aliphatic hydroxyl groups excluding tert-OH is 1. The topological polar surface area (TPSA) is 20.2 Å². The Morgan fingerprint density at radius 3 is 2.77 bits per heavy atom. The molecule has 1 aromatic rings. The van der Waals surface area contributed by atoms with E-state index in [1.807, 2.05) is 0 Å². The van der Waals surface area contributed by atoms with Gasteiger partial charge in [-0.15, -0.1) is 0 Å². The molecule has 0 aliphatic rings. The van der Waals surface area contributed by atoms with Gasteiger partial charge in [0.05, 0.1) is 6.10 Å². The Bertz CT molecular complexity index is 286. The van der Waals surface area contributed by atoms with Crippen molar-refractivity contribution in [2.75, 3.05) is 0 Å². The van der Waals surface area contributed by atoms with Gasteiger partial charge in [-0.3, -0.25) is 0 Å². The van der Waals surface area contributed by atoms with Gasteiger partial charge in [-0.25, -0.2) is 4.39 Å². The molecule has 0 saturated heterocycles.